The second-order valence-electron chi connectivity index (χ2n) is 5.01. The van der Waals surface area contributed by atoms with Gasteiger partial charge in [-0.05, 0) is 11.5 Å². The first kappa shape index (κ1) is 13.0. The van der Waals surface area contributed by atoms with Crippen molar-refractivity contribution >= 4 is 11.5 Å². The number of hydrazine groups is 1. The largest absolute Gasteiger partial charge is 0.271 e. The molecule has 2 heterocycles. The van der Waals surface area contributed by atoms with Crippen LogP contribution in [0.3, 0.4) is 0 Å². The maximum Gasteiger partial charge on any atom is 0.115 e. The van der Waals surface area contributed by atoms with Crippen molar-refractivity contribution in [3.05, 3.63) is 34.9 Å². The molecule has 0 amide bonds. The van der Waals surface area contributed by atoms with Crippen LogP contribution in [0, 0.1) is 0 Å². The first-order chi connectivity index (χ1) is 8.54. The van der Waals surface area contributed by atoms with Crippen molar-refractivity contribution in [3.8, 4) is 0 Å². The predicted octanol–water partition coefficient (Wildman–Crippen LogP) is 1.18. The van der Waals surface area contributed by atoms with E-state index in [0.29, 0.717) is 0 Å². The molecule has 0 spiro atoms. The van der Waals surface area contributed by atoms with Crippen LogP contribution >= 0.6 is 11.5 Å². The lowest BCUT2D eigenvalue weighted by Gasteiger charge is -2.21. The molecule has 0 aliphatic heterocycles. The topological polar surface area (TPSA) is 89.6 Å². The summed E-state index contributed by atoms with van der Waals surface area (Å²) in [7, 11) is 0. The third-order valence-corrected chi connectivity index (χ3v) is 3.36. The Balaban J connectivity index is 2.44. The second kappa shape index (κ2) is 5.05. The highest BCUT2D eigenvalue weighted by Crippen LogP contribution is 2.32. The van der Waals surface area contributed by atoms with Gasteiger partial charge in [-0.2, -0.15) is 0 Å². The van der Waals surface area contributed by atoms with Gasteiger partial charge in [0.2, 0.25) is 0 Å². The third-order valence-electron chi connectivity index (χ3n) is 2.57. The number of rotatable bonds is 3. The Morgan fingerprint density at radius 1 is 1.28 bits per heavy atom. The van der Waals surface area contributed by atoms with Crippen molar-refractivity contribution in [1.29, 1.82) is 0 Å². The fourth-order valence-corrected chi connectivity index (χ4v) is 2.64. The van der Waals surface area contributed by atoms with Crippen LogP contribution in [-0.2, 0) is 5.41 Å². The molecule has 2 aromatic rings. The molecule has 0 aliphatic carbocycles. The summed E-state index contributed by atoms with van der Waals surface area (Å²) in [6.07, 6.45) is 4.97. The Morgan fingerprint density at radius 3 is 2.50 bits per heavy atom. The van der Waals surface area contributed by atoms with Crippen LogP contribution in [0.25, 0.3) is 0 Å². The van der Waals surface area contributed by atoms with E-state index in [2.05, 4.69) is 45.8 Å². The van der Waals surface area contributed by atoms with E-state index in [1.807, 2.05) is 0 Å². The van der Waals surface area contributed by atoms with Gasteiger partial charge >= 0.3 is 0 Å². The Kier molecular flexibility index (Phi) is 3.65. The van der Waals surface area contributed by atoms with E-state index in [4.69, 9.17) is 5.84 Å². The highest BCUT2D eigenvalue weighted by Gasteiger charge is 2.27. The van der Waals surface area contributed by atoms with E-state index in [0.717, 1.165) is 16.1 Å². The Bertz CT molecular complexity index is 504. The summed E-state index contributed by atoms with van der Waals surface area (Å²) in [5, 5.41) is 4.21. The molecule has 0 bridgehead atoms. The Morgan fingerprint density at radius 2 is 1.94 bits per heavy atom. The van der Waals surface area contributed by atoms with Gasteiger partial charge in [0.15, 0.2) is 0 Å². The Hall–Kier alpha value is -1.44. The molecule has 96 valence electrons. The van der Waals surface area contributed by atoms with Crippen molar-refractivity contribution < 1.29 is 0 Å². The molecule has 0 saturated carbocycles. The molecule has 6 nitrogen and oxygen atoms in total. The van der Waals surface area contributed by atoms with Crippen molar-refractivity contribution in [2.24, 2.45) is 5.84 Å². The first-order valence-corrected chi connectivity index (χ1v) is 6.35. The molecule has 0 saturated heterocycles. The molecular weight excluding hydrogens is 248 g/mol. The number of nitrogens with zero attached hydrogens (tertiary/aromatic N) is 4. The van der Waals surface area contributed by atoms with Crippen LogP contribution in [0.2, 0.25) is 0 Å². The van der Waals surface area contributed by atoms with Crippen molar-refractivity contribution in [1.82, 2.24) is 25.0 Å². The quantitative estimate of drug-likeness (QED) is 0.639. The summed E-state index contributed by atoms with van der Waals surface area (Å²) in [5.74, 6) is 5.65. The fraction of sp³-hybridized carbons (Fsp3) is 0.455. The number of hydrogen-bond acceptors (Lipinski definition) is 7. The number of aromatic nitrogens is 4. The van der Waals surface area contributed by atoms with Gasteiger partial charge in [-0.3, -0.25) is 5.84 Å². The number of nitrogens with two attached hydrogens (primary N) is 1. The maximum absolute atomic E-state index is 5.65. The van der Waals surface area contributed by atoms with Gasteiger partial charge in [-0.25, -0.2) is 15.4 Å². The van der Waals surface area contributed by atoms with E-state index in [-0.39, 0.29) is 11.5 Å². The van der Waals surface area contributed by atoms with Gasteiger partial charge in [0, 0.05) is 23.4 Å². The molecule has 0 radical (unpaired) electrons. The average molecular weight is 264 g/mol. The molecule has 1 atom stereocenters. The van der Waals surface area contributed by atoms with Gasteiger partial charge in [0.05, 0.1) is 16.6 Å². The molecule has 0 fully saturated rings. The van der Waals surface area contributed by atoms with Crippen LogP contribution in [0.5, 0.6) is 0 Å². The summed E-state index contributed by atoms with van der Waals surface area (Å²) in [6, 6.07) is -0.180. The lowest BCUT2D eigenvalue weighted by Crippen LogP contribution is -2.30. The van der Waals surface area contributed by atoms with Crippen LogP contribution in [-0.4, -0.2) is 19.6 Å². The molecule has 0 aliphatic rings. The molecule has 3 N–H and O–H groups in total. The number of hydrogen-bond donors (Lipinski definition) is 2. The summed E-state index contributed by atoms with van der Waals surface area (Å²) < 4.78 is 4.04. The van der Waals surface area contributed by atoms with E-state index in [1.54, 1.807) is 12.4 Å². The van der Waals surface area contributed by atoms with E-state index in [1.165, 1.54) is 17.9 Å². The van der Waals surface area contributed by atoms with Gasteiger partial charge in [-0.1, -0.05) is 25.3 Å². The van der Waals surface area contributed by atoms with Crippen LogP contribution in [0.15, 0.2) is 18.7 Å². The minimum atomic E-state index is -0.180. The Labute approximate surface area is 110 Å². The summed E-state index contributed by atoms with van der Waals surface area (Å²) >= 11 is 1.34. The zero-order valence-corrected chi connectivity index (χ0v) is 11.4. The highest BCUT2D eigenvalue weighted by molar-refractivity contribution is 7.05. The smallest absolute Gasteiger partial charge is 0.115 e. The molecular formula is C11H16N6S. The van der Waals surface area contributed by atoms with Crippen LogP contribution in [0.4, 0.5) is 0 Å². The predicted molar refractivity (Wildman–Crippen MR) is 69.8 cm³/mol. The molecule has 18 heavy (non-hydrogen) atoms. The van der Waals surface area contributed by atoms with Crippen molar-refractivity contribution in [3.63, 3.8) is 0 Å². The molecule has 0 aromatic carbocycles. The van der Waals surface area contributed by atoms with Gasteiger partial charge in [0.25, 0.3) is 0 Å². The minimum Gasteiger partial charge on any atom is -0.271 e. The van der Waals surface area contributed by atoms with Crippen LogP contribution in [0.1, 0.15) is 42.9 Å². The summed E-state index contributed by atoms with van der Waals surface area (Å²) in [6.45, 7) is 6.30. The monoisotopic (exact) mass is 264 g/mol. The zero-order valence-electron chi connectivity index (χ0n) is 10.6. The normalized spacial score (nSPS) is 13.6. The molecule has 2 rings (SSSR count). The zero-order chi connectivity index (χ0) is 13.2. The summed E-state index contributed by atoms with van der Waals surface area (Å²) in [4.78, 5) is 9.02. The third kappa shape index (κ3) is 2.53. The van der Waals surface area contributed by atoms with Gasteiger partial charge < -0.3 is 0 Å². The molecule has 7 heteroatoms. The SMILES string of the molecule is CC(C)(C)c1nnsc1C(NN)c1cncnc1. The molecule has 2 aromatic heterocycles. The second-order valence-corrected chi connectivity index (χ2v) is 5.79. The molecule has 1 unspecified atom stereocenters. The van der Waals surface area contributed by atoms with Gasteiger partial charge in [-0.15, -0.1) is 5.10 Å². The lowest BCUT2D eigenvalue weighted by atomic mass is 9.89. The van der Waals surface area contributed by atoms with Crippen molar-refractivity contribution in [2.75, 3.05) is 0 Å². The summed E-state index contributed by atoms with van der Waals surface area (Å²) in [5.41, 5.74) is 4.55. The van der Waals surface area contributed by atoms with E-state index in [9.17, 15) is 0 Å². The lowest BCUT2D eigenvalue weighted by molar-refractivity contribution is 0.543. The average Bonchev–Trinajstić information content (AvgIpc) is 2.80. The number of nitrogens with one attached hydrogen (secondary N) is 1. The highest BCUT2D eigenvalue weighted by atomic mass is 32.1. The van der Waals surface area contributed by atoms with Crippen molar-refractivity contribution in [2.45, 2.75) is 32.2 Å². The van der Waals surface area contributed by atoms with Crippen LogP contribution < -0.4 is 11.3 Å². The maximum atomic E-state index is 5.65. The minimum absolute atomic E-state index is 0.0763. The van der Waals surface area contributed by atoms with E-state index >= 15 is 0 Å². The van der Waals surface area contributed by atoms with Gasteiger partial charge in [0.1, 0.15) is 6.33 Å². The standard InChI is InChI=1S/C11H16N6S/c1-11(2,3)10-9(18-17-16-10)8(15-12)7-4-13-6-14-5-7/h4-6,8,15H,12H2,1-3H3. The van der Waals surface area contributed by atoms with E-state index < -0.39 is 0 Å². The fourth-order valence-electron chi connectivity index (χ4n) is 1.69. The first-order valence-electron chi connectivity index (χ1n) is 5.58.